The van der Waals surface area contributed by atoms with E-state index in [0.29, 0.717) is 11.3 Å². The average molecular weight is 359 g/mol. The Morgan fingerprint density at radius 1 is 1.15 bits per heavy atom. The number of amides is 1. The second-order valence-corrected chi connectivity index (χ2v) is 5.70. The number of benzene rings is 2. The van der Waals surface area contributed by atoms with Gasteiger partial charge in [-0.25, -0.2) is 13.6 Å². The van der Waals surface area contributed by atoms with Crippen molar-refractivity contribution in [3.8, 4) is 5.75 Å². The molecule has 1 atom stereocenters. The number of hydrogen-bond acceptors (Lipinski definition) is 4. The minimum Gasteiger partial charge on any atom is -0.484 e. The second kappa shape index (κ2) is 7.35. The van der Waals surface area contributed by atoms with Crippen molar-refractivity contribution >= 4 is 16.9 Å². The predicted octanol–water partition coefficient (Wildman–Crippen LogP) is 3.33. The van der Waals surface area contributed by atoms with Crippen LogP contribution in [0.2, 0.25) is 0 Å². The van der Waals surface area contributed by atoms with Gasteiger partial charge in [-0.15, -0.1) is 0 Å². The molecule has 0 fully saturated rings. The van der Waals surface area contributed by atoms with Crippen LogP contribution in [0.5, 0.6) is 5.75 Å². The van der Waals surface area contributed by atoms with Crippen LogP contribution in [0, 0.1) is 11.6 Å². The third-order valence-electron chi connectivity index (χ3n) is 3.77. The van der Waals surface area contributed by atoms with Crippen LogP contribution in [0.4, 0.5) is 8.78 Å². The molecule has 3 rings (SSSR count). The summed E-state index contributed by atoms with van der Waals surface area (Å²) in [5.74, 6) is -1.54. The van der Waals surface area contributed by atoms with Crippen LogP contribution in [0.25, 0.3) is 11.0 Å². The third kappa shape index (κ3) is 4.05. The van der Waals surface area contributed by atoms with E-state index in [2.05, 4.69) is 5.32 Å². The number of ether oxygens (including phenoxy) is 1. The summed E-state index contributed by atoms with van der Waals surface area (Å²) in [4.78, 5) is 23.2. The van der Waals surface area contributed by atoms with Crippen LogP contribution < -0.4 is 15.7 Å². The molecule has 1 amide bonds. The molecule has 0 aliphatic rings. The molecule has 1 N–H and O–H groups in total. The Bertz CT molecular complexity index is 1020. The molecule has 1 aromatic heterocycles. The fraction of sp³-hybridized carbons (Fsp3) is 0.158. The van der Waals surface area contributed by atoms with Gasteiger partial charge in [0.1, 0.15) is 23.0 Å². The van der Waals surface area contributed by atoms with Crippen molar-refractivity contribution in [3.05, 3.63) is 76.1 Å². The summed E-state index contributed by atoms with van der Waals surface area (Å²) in [6.45, 7) is 1.27. The molecule has 3 aromatic rings. The van der Waals surface area contributed by atoms with E-state index >= 15 is 0 Å². The quantitative estimate of drug-likeness (QED) is 0.710. The number of nitrogens with one attached hydrogen (secondary N) is 1. The first-order chi connectivity index (χ1) is 12.4. The summed E-state index contributed by atoms with van der Waals surface area (Å²) in [7, 11) is 0. The Labute approximate surface area is 147 Å². The van der Waals surface area contributed by atoms with E-state index in [4.69, 9.17) is 9.15 Å². The SMILES string of the molecule is C[C@@H](NC(=O)COc1ccc2ccc(=O)oc2c1)c1ccc(F)cc1F. The highest BCUT2D eigenvalue weighted by Gasteiger charge is 2.14. The standard InChI is InChI=1S/C19H15F2NO4/c1-11(15-6-4-13(20)8-16(15)21)22-18(23)10-25-14-5-2-12-3-7-19(24)26-17(12)9-14/h2-9,11H,10H2,1H3,(H,22,23)/t11-/m1/s1. The molecule has 0 saturated heterocycles. The molecule has 0 unspecified atom stereocenters. The summed E-state index contributed by atoms with van der Waals surface area (Å²) in [5.41, 5.74) is 0.0342. The van der Waals surface area contributed by atoms with Crippen molar-refractivity contribution < 1.29 is 22.7 Å². The average Bonchev–Trinajstić information content (AvgIpc) is 2.59. The van der Waals surface area contributed by atoms with Gasteiger partial charge in [-0.2, -0.15) is 0 Å². The fourth-order valence-electron chi connectivity index (χ4n) is 2.49. The molecule has 0 aliphatic carbocycles. The summed E-state index contributed by atoms with van der Waals surface area (Å²) < 4.78 is 37.1. The molecule has 0 spiro atoms. The van der Waals surface area contributed by atoms with Gasteiger partial charge >= 0.3 is 5.63 Å². The summed E-state index contributed by atoms with van der Waals surface area (Å²) in [5, 5.41) is 3.30. The minimum absolute atomic E-state index is 0.173. The van der Waals surface area contributed by atoms with Crippen molar-refractivity contribution in [1.29, 1.82) is 0 Å². The van der Waals surface area contributed by atoms with Gasteiger partial charge in [0.15, 0.2) is 6.61 Å². The summed E-state index contributed by atoms with van der Waals surface area (Å²) >= 11 is 0. The molecule has 26 heavy (non-hydrogen) atoms. The Morgan fingerprint density at radius 3 is 2.69 bits per heavy atom. The van der Waals surface area contributed by atoms with E-state index in [1.54, 1.807) is 25.1 Å². The molecule has 0 bridgehead atoms. The van der Waals surface area contributed by atoms with Crippen molar-refractivity contribution in [2.45, 2.75) is 13.0 Å². The van der Waals surface area contributed by atoms with Gasteiger partial charge in [-0.05, 0) is 31.2 Å². The second-order valence-electron chi connectivity index (χ2n) is 5.70. The summed E-state index contributed by atoms with van der Waals surface area (Å²) in [6.07, 6.45) is 0. The first kappa shape index (κ1) is 17.6. The molecule has 134 valence electrons. The van der Waals surface area contributed by atoms with Crippen LogP contribution >= 0.6 is 0 Å². The van der Waals surface area contributed by atoms with Gasteiger partial charge in [0.2, 0.25) is 0 Å². The molecule has 5 nitrogen and oxygen atoms in total. The highest BCUT2D eigenvalue weighted by Crippen LogP contribution is 2.20. The number of rotatable bonds is 5. The molecule has 7 heteroatoms. The lowest BCUT2D eigenvalue weighted by molar-refractivity contribution is -0.123. The van der Waals surface area contributed by atoms with Gasteiger partial charge in [0.25, 0.3) is 5.91 Å². The maximum absolute atomic E-state index is 13.7. The van der Waals surface area contributed by atoms with E-state index in [-0.39, 0.29) is 12.2 Å². The Kier molecular flexibility index (Phi) is 4.97. The lowest BCUT2D eigenvalue weighted by atomic mass is 10.1. The normalized spacial score (nSPS) is 12.0. The molecule has 2 aromatic carbocycles. The maximum Gasteiger partial charge on any atom is 0.336 e. The zero-order valence-corrected chi connectivity index (χ0v) is 13.8. The van der Waals surface area contributed by atoms with Gasteiger partial charge in [0, 0.05) is 29.1 Å². The largest absolute Gasteiger partial charge is 0.484 e. The zero-order chi connectivity index (χ0) is 18.7. The number of carbonyl (C=O) groups excluding carboxylic acids is 1. The number of halogens is 2. The van der Waals surface area contributed by atoms with Gasteiger partial charge in [-0.1, -0.05) is 6.07 Å². The lowest BCUT2D eigenvalue weighted by Crippen LogP contribution is -2.31. The minimum atomic E-state index is -0.733. The summed E-state index contributed by atoms with van der Waals surface area (Å²) in [6, 6.07) is 10.3. The highest BCUT2D eigenvalue weighted by atomic mass is 19.1. The fourth-order valence-corrected chi connectivity index (χ4v) is 2.49. The Balaban J connectivity index is 1.62. The monoisotopic (exact) mass is 359 g/mol. The highest BCUT2D eigenvalue weighted by molar-refractivity contribution is 5.79. The smallest absolute Gasteiger partial charge is 0.336 e. The lowest BCUT2D eigenvalue weighted by Gasteiger charge is -2.15. The topological polar surface area (TPSA) is 68.5 Å². The van der Waals surface area contributed by atoms with Crippen molar-refractivity contribution in [1.82, 2.24) is 5.32 Å². The molecular formula is C19H15F2NO4. The predicted molar refractivity (Wildman–Crippen MR) is 90.9 cm³/mol. The van der Waals surface area contributed by atoms with Crippen LogP contribution in [0.3, 0.4) is 0 Å². The van der Waals surface area contributed by atoms with Gasteiger partial charge in [0.05, 0.1) is 6.04 Å². The van der Waals surface area contributed by atoms with Gasteiger partial charge in [-0.3, -0.25) is 4.79 Å². The van der Waals surface area contributed by atoms with Crippen molar-refractivity contribution in [2.75, 3.05) is 6.61 Å². The van der Waals surface area contributed by atoms with E-state index < -0.39 is 29.2 Å². The van der Waals surface area contributed by atoms with Crippen LogP contribution in [-0.2, 0) is 4.79 Å². The molecule has 1 heterocycles. The first-order valence-corrected chi connectivity index (χ1v) is 7.83. The van der Waals surface area contributed by atoms with Crippen LogP contribution in [-0.4, -0.2) is 12.5 Å². The Morgan fingerprint density at radius 2 is 1.92 bits per heavy atom. The van der Waals surface area contributed by atoms with E-state index in [1.165, 1.54) is 18.2 Å². The maximum atomic E-state index is 13.7. The molecule has 0 aliphatic heterocycles. The number of hydrogen-bond donors (Lipinski definition) is 1. The van der Waals surface area contributed by atoms with E-state index in [0.717, 1.165) is 17.5 Å². The first-order valence-electron chi connectivity index (χ1n) is 7.83. The molecule has 0 radical (unpaired) electrons. The molecule has 0 saturated carbocycles. The van der Waals surface area contributed by atoms with Crippen molar-refractivity contribution in [2.24, 2.45) is 0 Å². The van der Waals surface area contributed by atoms with E-state index in [9.17, 15) is 18.4 Å². The third-order valence-corrected chi connectivity index (χ3v) is 3.77. The van der Waals surface area contributed by atoms with Crippen molar-refractivity contribution in [3.63, 3.8) is 0 Å². The van der Waals surface area contributed by atoms with Gasteiger partial charge < -0.3 is 14.5 Å². The zero-order valence-electron chi connectivity index (χ0n) is 13.8. The molecular weight excluding hydrogens is 344 g/mol. The van der Waals surface area contributed by atoms with Crippen LogP contribution in [0.1, 0.15) is 18.5 Å². The van der Waals surface area contributed by atoms with E-state index in [1.807, 2.05) is 0 Å². The Hall–Kier alpha value is -3.22. The number of carbonyl (C=O) groups is 1. The van der Waals surface area contributed by atoms with Crippen LogP contribution in [0.15, 0.2) is 57.7 Å². The number of fused-ring (bicyclic) bond motifs is 1.